The number of amides is 1. The smallest absolute Gasteiger partial charge is 0.275 e. The van der Waals surface area contributed by atoms with Crippen LogP contribution >= 0.6 is 11.6 Å². The van der Waals surface area contributed by atoms with E-state index in [4.69, 9.17) is 11.6 Å². The minimum absolute atomic E-state index is 0.255. The number of aromatic nitrogens is 2. The number of anilines is 1. The topological polar surface area (TPSA) is 46.9 Å². The van der Waals surface area contributed by atoms with E-state index in [1.54, 1.807) is 6.20 Å². The summed E-state index contributed by atoms with van der Waals surface area (Å²) in [4.78, 5) is 17.5. The van der Waals surface area contributed by atoms with E-state index in [0.717, 1.165) is 22.5 Å². The summed E-state index contributed by atoms with van der Waals surface area (Å²) in [6.45, 7) is 4.11. The fourth-order valence-electron chi connectivity index (χ4n) is 3.26. The van der Waals surface area contributed by atoms with Crippen LogP contribution < -0.4 is 5.32 Å². The lowest BCUT2D eigenvalue weighted by atomic mass is 10.1. The summed E-state index contributed by atoms with van der Waals surface area (Å²) in [6, 6.07) is 23.0. The van der Waals surface area contributed by atoms with Gasteiger partial charge < -0.3 is 5.32 Å². The Labute approximate surface area is 174 Å². The van der Waals surface area contributed by atoms with Crippen LogP contribution in [0.3, 0.4) is 0 Å². The lowest BCUT2D eigenvalue weighted by Crippen LogP contribution is -2.12. The molecule has 4 nitrogen and oxygen atoms in total. The van der Waals surface area contributed by atoms with Gasteiger partial charge in [-0.2, -0.15) is 0 Å². The van der Waals surface area contributed by atoms with E-state index in [9.17, 15) is 4.79 Å². The van der Waals surface area contributed by atoms with Crippen LogP contribution in [0, 0.1) is 13.8 Å². The number of nitrogens with zero attached hydrogens (tertiary/aromatic N) is 2. The van der Waals surface area contributed by atoms with Gasteiger partial charge in [0.1, 0.15) is 11.5 Å². The molecule has 0 aliphatic heterocycles. The summed E-state index contributed by atoms with van der Waals surface area (Å²) in [5.74, 6) is 0.456. The molecule has 5 heteroatoms. The van der Waals surface area contributed by atoms with E-state index < -0.39 is 0 Å². The Morgan fingerprint density at radius 3 is 2.38 bits per heavy atom. The van der Waals surface area contributed by atoms with Crippen molar-refractivity contribution in [3.8, 4) is 17.1 Å². The molecule has 0 unspecified atom stereocenters. The van der Waals surface area contributed by atoms with Gasteiger partial charge in [0.2, 0.25) is 0 Å². The summed E-state index contributed by atoms with van der Waals surface area (Å²) in [7, 11) is 0. The van der Waals surface area contributed by atoms with Gasteiger partial charge in [0.15, 0.2) is 0 Å². The summed E-state index contributed by atoms with van der Waals surface area (Å²) in [6.07, 6.45) is 1.76. The molecule has 0 spiro atoms. The van der Waals surface area contributed by atoms with Gasteiger partial charge in [-0.1, -0.05) is 53.6 Å². The van der Waals surface area contributed by atoms with Crippen LogP contribution in [0.1, 0.15) is 21.6 Å². The van der Waals surface area contributed by atoms with Gasteiger partial charge in [-0.15, -0.1) is 0 Å². The molecular weight excluding hydrogens is 382 g/mol. The first-order chi connectivity index (χ1) is 14.0. The van der Waals surface area contributed by atoms with Crippen molar-refractivity contribution in [3.63, 3.8) is 0 Å². The predicted molar refractivity (Wildman–Crippen MR) is 118 cm³/mol. The summed E-state index contributed by atoms with van der Waals surface area (Å²) < 4.78 is 1.92. The number of halogens is 1. The Hall–Kier alpha value is -3.37. The van der Waals surface area contributed by atoms with Crippen molar-refractivity contribution in [2.24, 2.45) is 0 Å². The number of carbonyl (C=O) groups is 1. The highest BCUT2D eigenvalue weighted by Gasteiger charge is 2.18. The zero-order chi connectivity index (χ0) is 20.4. The Bertz CT molecular complexity index is 1160. The highest BCUT2D eigenvalue weighted by Crippen LogP contribution is 2.27. The van der Waals surface area contributed by atoms with Crippen molar-refractivity contribution in [2.75, 3.05) is 5.32 Å². The predicted octanol–water partition coefficient (Wildman–Crippen LogP) is 6.06. The highest BCUT2D eigenvalue weighted by molar-refractivity contribution is 6.30. The number of hydrogen-bond donors (Lipinski definition) is 1. The third-order valence-corrected chi connectivity index (χ3v) is 4.95. The van der Waals surface area contributed by atoms with Crippen LogP contribution in [-0.2, 0) is 0 Å². The van der Waals surface area contributed by atoms with Gasteiger partial charge >= 0.3 is 0 Å². The maximum Gasteiger partial charge on any atom is 0.275 e. The van der Waals surface area contributed by atoms with Crippen molar-refractivity contribution in [3.05, 3.63) is 101 Å². The van der Waals surface area contributed by atoms with E-state index in [2.05, 4.69) is 23.3 Å². The number of aryl methyl sites for hydroxylation is 2. The first-order valence-corrected chi connectivity index (χ1v) is 9.68. The SMILES string of the molecule is Cc1ccc(-c2nc(C(=O)Nc3ccccc3)cn2-c2ccc(Cl)cc2)c(C)c1. The Morgan fingerprint density at radius 1 is 0.966 bits per heavy atom. The third-order valence-electron chi connectivity index (χ3n) is 4.70. The lowest BCUT2D eigenvalue weighted by Gasteiger charge is -2.10. The molecule has 1 heterocycles. The van der Waals surface area contributed by atoms with Gasteiger partial charge in [0.05, 0.1) is 0 Å². The third kappa shape index (κ3) is 4.08. The summed E-state index contributed by atoms with van der Waals surface area (Å²) >= 11 is 6.06. The van der Waals surface area contributed by atoms with E-state index in [0.29, 0.717) is 16.5 Å². The standard InChI is InChI=1S/C24H20ClN3O/c1-16-8-13-21(17(2)14-16)23-27-22(24(29)26-19-6-4-3-5-7-19)15-28(23)20-11-9-18(25)10-12-20/h3-15H,1-2H3,(H,26,29). The number of imidazole rings is 1. The molecule has 1 amide bonds. The van der Waals surface area contributed by atoms with Gasteiger partial charge in [0.25, 0.3) is 5.91 Å². The number of para-hydroxylation sites is 1. The van der Waals surface area contributed by atoms with Crippen molar-refractivity contribution >= 4 is 23.2 Å². The average molecular weight is 402 g/mol. The second-order valence-corrected chi connectivity index (χ2v) is 7.37. The molecule has 0 fully saturated rings. The second-order valence-electron chi connectivity index (χ2n) is 6.93. The fraction of sp³-hybridized carbons (Fsp3) is 0.0833. The number of carbonyl (C=O) groups excluding carboxylic acids is 1. The van der Waals surface area contributed by atoms with Gasteiger partial charge in [-0.05, 0) is 55.8 Å². The Kier molecular flexibility index (Phi) is 5.19. The largest absolute Gasteiger partial charge is 0.321 e. The maximum atomic E-state index is 12.8. The van der Waals surface area contributed by atoms with Crippen LogP contribution in [0.4, 0.5) is 5.69 Å². The molecule has 0 saturated heterocycles. The van der Waals surface area contributed by atoms with Crippen LogP contribution in [0.5, 0.6) is 0 Å². The van der Waals surface area contributed by atoms with Gasteiger partial charge in [-0.3, -0.25) is 9.36 Å². The first-order valence-electron chi connectivity index (χ1n) is 9.30. The van der Waals surface area contributed by atoms with Gasteiger partial charge in [0, 0.05) is 28.2 Å². The Balaban J connectivity index is 1.80. The van der Waals surface area contributed by atoms with Crippen LogP contribution in [0.2, 0.25) is 5.02 Å². The lowest BCUT2D eigenvalue weighted by molar-refractivity contribution is 0.102. The normalized spacial score (nSPS) is 10.7. The molecule has 0 saturated carbocycles. The Morgan fingerprint density at radius 2 is 1.69 bits per heavy atom. The summed E-state index contributed by atoms with van der Waals surface area (Å²) in [5, 5.41) is 3.56. The zero-order valence-corrected chi connectivity index (χ0v) is 16.9. The molecule has 144 valence electrons. The molecule has 0 aliphatic rings. The molecule has 4 aromatic rings. The molecule has 0 atom stereocenters. The fourth-order valence-corrected chi connectivity index (χ4v) is 3.39. The molecule has 0 bridgehead atoms. The molecule has 4 rings (SSSR count). The number of rotatable bonds is 4. The summed E-state index contributed by atoms with van der Waals surface area (Å²) in [5.41, 5.74) is 5.21. The first kappa shape index (κ1) is 19.0. The molecule has 29 heavy (non-hydrogen) atoms. The quantitative estimate of drug-likeness (QED) is 0.451. The number of hydrogen-bond acceptors (Lipinski definition) is 2. The highest BCUT2D eigenvalue weighted by atomic mass is 35.5. The maximum absolute atomic E-state index is 12.8. The molecule has 0 aliphatic carbocycles. The molecule has 0 radical (unpaired) electrons. The van der Waals surface area contributed by atoms with E-state index in [1.165, 1.54) is 5.56 Å². The number of nitrogens with one attached hydrogen (secondary N) is 1. The molecular formula is C24H20ClN3O. The van der Waals surface area contributed by atoms with Crippen molar-refractivity contribution in [1.29, 1.82) is 0 Å². The van der Waals surface area contributed by atoms with Crippen LogP contribution in [-0.4, -0.2) is 15.5 Å². The zero-order valence-electron chi connectivity index (χ0n) is 16.2. The molecule has 3 aromatic carbocycles. The van der Waals surface area contributed by atoms with Crippen molar-refractivity contribution in [1.82, 2.24) is 9.55 Å². The second kappa shape index (κ2) is 7.94. The van der Waals surface area contributed by atoms with Crippen LogP contribution in [0.15, 0.2) is 79.0 Å². The molecule has 1 N–H and O–H groups in total. The minimum atomic E-state index is -0.255. The van der Waals surface area contributed by atoms with Crippen LogP contribution in [0.25, 0.3) is 17.1 Å². The van der Waals surface area contributed by atoms with E-state index in [1.807, 2.05) is 78.2 Å². The number of benzene rings is 3. The molecule has 1 aromatic heterocycles. The van der Waals surface area contributed by atoms with Crippen molar-refractivity contribution in [2.45, 2.75) is 13.8 Å². The minimum Gasteiger partial charge on any atom is -0.321 e. The van der Waals surface area contributed by atoms with Crippen molar-refractivity contribution < 1.29 is 4.79 Å². The van der Waals surface area contributed by atoms with Gasteiger partial charge in [-0.25, -0.2) is 4.98 Å². The van der Waals surface area contributed by atoms with E-state index >= 15 is 0 Å². The van der Waals surface area contributed by atoms with E-state index in [-0.39, 0.29) is 5.91 Å². The monoisotopic (exact) mass is 401 g/mol. The average Bonchev–Trinajstić information content (AvgIpc) is 3.14.